The van der Waals surface area contributed by atoms with Crippen LogP contribution >= 0.6 is 31.9 Å². The van der Waals surface area contributed by atoms with E-state index < -0.39 is 10.1 Å². The molecule has 3 nitrogen and oxygen atoms in total. The van der Waals surface area contributed by atoms with Crippen molar-refractivity contribution in [2.75, 3.05) is 0 Å². The Balaban J connectivity index is 2.96. The summed E-state index contributed by atoms with van der Waals surface area (Å²) in [5.41, 5.74) is 0. The van der Waals surface area contributed by atoms with Crippen molar-refractivity contribution in [2.45, 2.75) is 6.42 Å². The summed E-state index contributed by atoms with van der Waals surface area (Å²) in [7, 11) is -4.05. The summed E-state index contributed by atoms with van der Waals surface area (Å²) in [5.74, 6) is 0. The summed E-state index contributed by atoms with van der Waals surface area (Å²) >= 11 is 6.28. The molecule has 0 heterocycles. The average Bonchev–Trinajstić information content (AvgIpc) is 1.82. The third-order valence-electron chi connectivity index (χ3n) is 1.27. The van der Waals surface area contributed by atoms with Crippen LogP contribution in [0.15, 0.2) is 21.1 Å². The van der Waals surface area contributed by atoms with E-state index in [0.717, 1.165) is 0 Å². The summed E-state index contributed by atoms with van der Waals surface area (Å²) in [6.07, 6.45) is 3.31. The molecule has 12 heavy (non-hydrogen) atoms. The normalized spacial score (nSPS) is 20.2. The molecule has 0 bridgehead atoms. The van der Waals surface area contributed by atoms with Gasteiger partial charge in [0.15, 0.2) is 0 Å². The second-order valence-electron chi connectivity index (χ2n) is 2.24. The van der Waals surface area contributed by atoms with Crippen molar-refractivity contribution in [3.8, 4) is 0 Å². The lowest BCUT2D eigenvalue weighted by Crippen LogP contribution is -2.11. The van der Waals surface area contributed by atoms with Gasteiger partial charge in [-0.1, -0.05) is 31.9 Å². The van der Waals surface area contributed by atoms with Crippen LogP contribution in [0.4, 0.5) is 0 Å². The molecule has 6 heteroatoms. The van der Waals surface area contributed by atoms with E-state index >= 15 is 0 Å². The Labute approximate surface area is 87.5 Å². The molecule has 1 rings (SSSR count). The van der Waals surface area contributed by atoms with Gasteiger partial charge in [0.25, 0.3) is 10.1 Å². The van der Waals surface area contributed by atoms with E-state index in [0.29, 0.717) is 8.96 Å². The maximum absolute atomic E-state index is 10.7. The van der Waals surface area contributed by atoms with E-state index in [1.165, 1.54) is 6.08 Å². The second-order valence-corrected chi connectivity index (χ2v) is 5.65. The molecule has 0 fully saturated rings. The second kappa shape index (κ2) is 3.61. The Bertz CT molecular complexity index is 342. The van der Waals surface area contributed by atoms with Crippen LogP contribution in [-0.4, -0.2) is 13.0 Å². The molecule has 0 unspecified atom stereocenters. The standard InChI is InChI=1S/C6H5Br2O3S/c7-4-1-5(8)3-6(2-4)12(9,10)11/h1-2H,3H2,(H,9,10,11). The minimum absolute atomic E-state index is 0.0104. The lowest BCUT2D eigenvalue weighted by atomic mass is 10.2. The Kier molecular flexibility index (Phi) is 3.14. The summed E-state index contributed by atoms with van der Waals surface area (Å²) < 4.78 is 31.4. The lowest BCUT2D eigenvalue weighted by molar-refractivity contribution is 0.485. The van der Waals surface area contributed by atoms with Crippen molar-refractivity contribution in [3.05, 3.63) is 26.4 Å². The monoisotopic (exact) mass is 315 g/mol. The number of hydrogen-bond donors (Lipinski definition) is 1. The van der Waals surface area contributed by atoms with E-state index in [-0.39, 0.29) is 11.7 Å². The van der Waals surface area contributed by atoms with Gasteiger partial charge in [0.1, 0.15) is 5.25 Å². The maximum Gasteiger partial charge on any atom is 0.276 e. The van der Waals surface area contributed by atoms with Crippen molar-refractivity contribution in [3.63, 3.8) is 0 Å². The molecule has 0 aromatic rings. The SMILES string of the molecule is O=S(=O)(O)[C]1C=C(Br)C=C(Br)C1. The first-order chi connectivity index (χ1) is 5.39. The molecular formula is C6H5Br2O3S. The van der Waals surface area contributed by atoms with Crippen molar-refractivity contribution in [1.29, 1.82) is 0 Å². The van der Waals surface area contributed by atoms with Gasteiger partial charge in [0.05, 0.1) is 0 Å². The van der Waals surface area contributed by atoms with Gasteiger partial charge < -0.3 is 0 Å². The molecule has 1 radical (unpaired) electrons. The van der Waals surface area contributed by atoms with E-state index in [1.807, 2.05) is 0 Å². The fourth-order valence-electron chi connectivity index (χ4n) is 0.779. The first-order valence-corrected chi connectivity index (χ1v) is 5.99. The number of hydrogen-bond acceptors (Lipinski definition) is 2. The molecule has 0 aromatic heterocycles. The molecule has 0 saturated carbocycles. The van der Waals surface area contributed by atoms with E-state index in [9.17, 15) is 8.42 Å². The van der Waals surface area contributed by atoms with Crippen LogP contribution < -0.4 is 0 Å². The van der Waals surface area contributed by atoms with Gasteiger partial charge in [0, 0.05) is 10.9 Å². The Hall–Kier alpha value is 0.350. The van der Waals surface area contributed by atoms with Crippen LogP contribution in [0, 0.1) is 5.25 Å². The van der Waals surface area contributed by atoms with Gasteiger partial charge >= 0.3 is 0 Å². The molecule has 0 amide bonds. The van der Waals surface area contributed by atoms with E-state index in [1.54, 1.807) is 6.08 Å². The van der Waals surface area contributed by atoms with Crippen LogP contribution in [0.1, 0.15) is 6.42 Å². The zero-order chi connectivity index (χ0) is 9.35. The van der Waals surface area contributed by atoms with Gasteiger partial charge in [-0.05, 0) is 16.6 Å². The maximum atomic E-state index is 10.7. The smallest absolute Gasteiger partial charge is 0.276 e. The Morgan fingerprint density at radius 2 is 1.92 bits per heavy atom. The van der Waals surface area contributed by atoms with Crippen molar-refractivity contribution in [1.82, 2.24) is 0 Å². The van der Waals surface area contributed by atoms with Crippen LogP contribution in [-0.2, 0) is 10.1 Å². The van der Waals surface area contributed by atoms with Crippen LogP contribution in [0.25, 0.3) is 0 Å². The first kappa shape index (κ1) is 10.4. The largest absolute Gasteiger partial charge is 0.285 e. The quantitative estimate of drug-likeness (QED) is 0.756. The van der Waals surface area contributed by atoms with Gasteiger partial charge in [-0.15, -0.1) is 0 Å². The van der Waals surface area contributed by atoms with Crippen molar-refractivity contribution < 1.29 is 13.0 Å². The highest BCUT2D eigenvalue weighted by Gasteiger charge is 2.25. The molecule has 67 valence electrons. The third kappa shape index (κ3) is 2.69. The highest BCUT2D eigenvalue weighted by atomic mass is 79.9. The van der Waals surface area contributed by atoms with Gasteiger partial charge in [-0.25, -0.2) is 0 Å². The minimum atomic E-state index is -4.05. The van der Waals surface area contributed by atoms with Gasteiger partial charge in [0.2, 0.25) is 0 Å². The molecule has 1 N–H and O–H groups in total. The minimum Gasteiger partial charge on any atom is -0.285 e. The molecular weight excluding hydrogens is 312 g/mol. The van der Waals surface area contributed by atoms with E-state index in [4.69, 9.17) is 4.55 Å². The van der Waals surface area contributed by atoms with E-state index in [2.05, 4.69) is 31.9 Å². The van der Waals surface area contributed by atoms with Crippen LogP contribution in [0.3, 0.4) is 0 Å². The number of halogens is 2. The number of rotatable bonds is 1. The van der Waals surface area contributed by atoms with Crippen LogP contribution in [0.2, 0.25) is 0 Å². The molecule has 0 aliphatic heterocycles. The fraction of sp³-hybridized carbons (Fsp3) is 0.167. The molecule has 0 saturated heterocycles. The highest BCUT2D eigenvalue weighted by molar-refractivity contribution is 9.12. The Morgan fingerprint density at radius 3 is 2.33 bits per heavy atom. The average molecular weight is 317 g/mol. The predicted octanol–water partition coefficient (Wildman–Crippen LogP) is 2.37. The topological polar surface area (TPSA) is 54.4 Å². The highest BCUT2D eigenvalue weighted by Crippen LogP contribution is 2.32. The lowest BCUT2D eigenvalue weighted by Gasteiger charge is -2.12. The molecule has 0 atom stereocenters. The predicted molar refractivity (Wildman–Crippen MR) is 53.4 cm³/mol. The third-order valence-corrected chi connectivity index (χ3v) is 3.16. The molecule has 0 aromatic carbocycles. The van der Waals surface area contributed by atoms with Gasteiger partial charge in [-0.2, -0.15) is 8.42 Å². The van der Waals surface area contributed by atoms with Crippen molar-refractivity contribution in [2.24, 2.45) is 0 Å². The fourth-order valence-corrected chi connectivity index (χ4v) is 3.14. The van der Waals surface area contributed by atoms with Crippen LogP contribution in [0.5, 0.6) is 0 Å². The summed E-state index contributed by atoms with van der Waals surface area (Å²) in [6, 6.07) is 0. The molecule has 1 aliphatic carbocycles. The van der Waals surface area contributed by atoms with Gasteiger partial charge in [-0.3, -0.25) is 4.55 Å². The summed E-state index contributed by atoms with van der Waals surface area (Å²) in [4.78, 5) is 0. The number of allylic oxidation sites excluding steroid dienone is 3. The molecule has 1 aliphatic rings. The van der Waals surface area contributed by atoms with Crippen molar-refractivity contribution >= 4 is 42.0 Å². The summed E-state index contributed by atoms with van der Waals surface area (Å²) in [6.45, 7) is 0. The first-order valence-electron chi connectivity index (χ1n) is 2.96. The summed E-state index contributed by atoms with van der Waals surface area (Å²) in [5, 5.41) is -0.0104. The zero-order valence-corrected chi connectivity index (χ0v) is 9.78. The molecule has 0 spiro atoms. The zero-order valence-electron chi connectivity index (χ0n) is 5.79. The Morgan fingerprint density at radius 1 is 1.33 bits per heavy atom.